The Labute approximate surface area is 106 Å². The third-order valence-electron chi connectivity index (χ3n) is 4.21. The van der Waals surface area contributed by atoms with Gasteiger partial charge in [-0.2, -0.15) is 0 Å². The lowest BCUT2D eigenvalue weighted by Gasteiger charge is -2.35. The lowest BCUT2D eigenvalue weighted by atomic mass is 9.69. The largest absolute Gasteiger partial charge is 0.390 e. The summed E-state index contributed by atoms with van der Waals surface area (Å²) in [6.07, 6.45) is 6.12. The van der Waals surface area contributed by atoms with Gasteiger partial charge < -0.3 is 5.11 Å². The molecule has 17 heavy (non-hydrogen) atoms. The van der Waals surface area contributed by atoms with E-state index in [1.165, 1.54) is 19.3 Å². The summed E-state index contributed by atoms with van der Waals surface area (Å²) >= 11 is 0. The van der Waals surface area contributed by atoms with Crippen LogP contribution in [0, 0.1) is 17.8 Å². The topological polar surface area (TPSA) is 37.3 Å². The first kappa shape index (κ1) is 14.7. The molecule has 0 saturated heterocycles. The summed E-state index contributed by atoms with van der Waals surface area (Å²) in [7, 11) is 0. The second-order valence-corrected chi connectivity index (χ2v) is 6.40. The minimum Gasteiger partial charge on any atom is -0.390 e. The summed E-state index contributed by atoms with van der Waals surface area (Å²) in [6, 6.07) is 0. The molecule has 2 nitrogen and oxygen atoms in total. The first-order chi connectivity index (χ1) is 7.85. The molecular weight excluding hydrogens is 212 g/mol. The van der Waals surface area contributed by atoms with Gasteiger partial charge in [-0.05, 0) is 38.5 Å². The van der Waals surface area contributed by atoms with Gasteiger partial charge in [-0.3, -0.25) is 4.79 Å². The zero-order chi connectivity index (χ0) is 13.1. The number of ketones is 1. The summed E-state index contributed by atoms with van der Waals surface area (Å²) in [4.78, 5) is 12.3. The second-order valence-electron chi connectivity index (χ2n) is 6.40. The highest BCUT2D eigenvalue weighted by Gasteiger charge is 2.35. The molecule has 3 atom stereocenters. The number of Topliss-reactive ketones (excluding diaryl/α,β-unsaturated/α-hetero) is 1. The maximum Gasteiger partial charge on any atom is 0.139 e. The van der Waals surface area contributed by atoms with Gasteiger partial charge in [0.15, 0.2) is 0 Å². The van der Waals surface area contributed by atoms with Crippen LogP contribution in [0.5, 0.6) is 0 Å². The van der Waals surface area contributed by atoms with Crippen LogP contribution in [0.4, 0.5) is 0 Å². The van der Waals surface area contributed by atoms with Crippen LogP contribution < -0.4 is 0 Å². The fraction of sp³-hybridized carbons (Fsp3) is 0.933. The van der Waals surface area contributed by atoms with Crippen LogP contribution in [0.15, 0.2) is 0 Å². The highest BCUT2D eigenvalue weighted by Crippen LogP contribution is 2.38. The smallest absolute Gasteiger partial charge is 0.139 e. The molecule has 1 N–H and O–H groups in total. The lowest BCUT2D eigenvalue weighted by molar-refractivity contribution is -0.130. The maximum atomic E-state index is 12.3. The Kier molecular flexibility index (Phi) is 5.18. The Morgan fingerprint density at radius 1 is 1.35 bits per heavy atom. The average Bonchev–Trinajstić information content (AvgIpc) is 2.25. The molecule has 0 heterocycles. The van der Waals surface area contributed by atoms with E-state index in [1.54, 1.807) is 13.8 Å². The van der Waals surface area contributed by atoms with Gasteiger partial charge in [-0.1, -0.05) is 33.1 Å². The van der Waals surface area contributed by atoms with Crippen molar-refractivity contribution in [3.05, 3.63) is 0 Å². The summed E-state index contributed by atoms with van der Waals surface area (Å²) in [5.74, 6) is 1.65. The molecule has 3 unspecified atom stereocenters. The van der Waals surface area contributed by atoms with Crippen molar-refractivity contribution >= 4 is 5.78 Å². The van der Waals surface area contributed by atoms with E-state index in [0.29, 0.717) is 18.3 Å². The number of carbonyl (C=O) groups excluding carboxylic acids is 1. The van der Waals surface area contributed by atoms with Crippen molar-refractivity contribution in [1.29, 1.82) is 0 Å². The lowest BCUT2D eigenvalue weighted by Crippen LogP contribution is -2.35. The second kappa shape index (κ2) is 5.99. The Balaban J connectivity index is 2.67. The summed E-state index contributed by atoms with van der Waals surface area (Å²) in [5, 5.41) is 9.78. The quantitative estimate of drug-likeness (QED) is 0.797. The number of hydrogen-bond acceptors (Lipinski definition) is 2. The molecule has 0 aromatic rings. The van der Waals surface area contributed by atoms with Crippen LogP contribution in [-0.2, 0) is 4.79 Å². The number of hydrogen-bond donors (Lipinski definition) is 1. The molecule has 1 saturated carbocycles. The van der Waals surface area contributed by atoms with E-state index < -0.39 is 5.60 Å². The highest BCUT2D eigenvalue weighted by atomic mass is 16.3. The van der Waals surface area contributed by atoms with Crippen molar-refractivity contribution in [3.63, 3.8) is 0 Å². The first-order valence-corrected chi connectivity index (χ1v) is 7.10. The van der Waals surface area contributed by atoms with Gasteiger partial charge in [-0.15, -0.1) is 0 Å². The molecule has 0 aromatic heterocycles. The number of aliphatic hydroxyl groups is 1. The molecule has 1 aliphatic carbocycles. The van der Waals surface area contributed by atoms with Gasteiger partial charge in [0.1, 0.15) is 5.78 Å². The maximum absolute atomic E-state index is 12.3. The van der Waals surface area contributed by atoms with Crippen molar-refractivity contribution in [3.8, 4) is 0 Å². The van der Waals surface area contributed by atoms with Crippen LogP contribution in [0.25, 0.3) is 0 Å². The fourth-order valence-electron chi connectivity index (χ4n) is 3.10. The van der Waals surface area contributed by atoms with E-state index in [2.05, 4.69) is 13.8 Å². The summed E-state index contributed by atoms with van der Waals surface area (Å²) < 4.78 is 0. The highest BCUT2D eigenvalue weighted by molar-refractivity contribution is 5.82. The Hall–Kier alpha value is -0.370. The number of carbonyl (C=O) groups is 1. The molecule has 2 heteroatoms. The van der Waals surface area contributed by atoms with Gasteiger partial charge >= 0.3 is 0 Å². The van der Waals surface area contributed by atoms with Crippen LogP contribution >= 0.6 is 0 Å². The van der Waals surface area contributed by atoms with Crippen LogP contribution in [0.1, 0.15) is 66.2 Å². The fourth-order valence-corrected chi connectivity index (χ4v) is 3.10. The Bertz CT molecular complexity index is 252. The average molecular weight is 240 g/mol. The monoisotopic (exact) mass is 240 g/mol. The molecule has 0 amide bonds. The van der Waals surface area contributed by atoms with Crippen molar-refractivity contribution in [2.75, 3.05) is 0 Å². The molecule has 1 fully saturated rings. The van der Waals surface area contributed by atoms with Crippen LogP contribution in [0.3, 0.4) is 0 Å². The number of rotatable bonds is 5. The van der Waals surface area contributed by atoms with Crippen molar-refractivity contribution in [1.82, 2.24) is 0 Å². The molecule has 0 aromatic carbocycles. The minimum atomic E-state index is -0.853. The molecule has 0 radical (unpaired) electrons. The summed E-state index contributed by atoms with van der Waals surface area (Å²) in [5.41, 5.74) is -0.853. The van der Waals surface area contributed by atoms with E-state index in [0.717, 1.165) is 12.8 Å². The molecule has 0 spiro atoms. The van der Waals surface area contributed by atoms with Crippen LogP contribution in [-0.4, -0.2) is 16.5 Å². The Morgan fingerprint density at radius 3 is 2.47 bits per heavy atom. The first-order valence-electron chi connectivity index (χ1n) is 7.10. The molecular formula is C15H28O2. The van der Waals surface area contributed by atoms with Crippen molar-refractivity contribution in [2.45, 2.75) is 71.8 Å². The summed E-state index contributed by atoms with van der Waals surface area (Å²) in [6.45, 7) is 7.93. The van der Waals surface area contributed by atoms with Crippen LogP contribution in [0.2, 0.25) is 0 Å². The van der Waals surface area contributed by atoms with Crippen molar-refractivity contribution in [2.24, 2.45) is 17.8 Å². The van der Waals surface area contributed by atoms with Crippen molar-refractivity contribution < 1.29 is 9.90 Å². The van der Waals surface area contributed by atoms with Gasteiger partial charge in [0, 0.05) is 12.3 Å². The van der Waals surface area contributed by atoms with E-state index in [-0.39, 0.29) is 11.7 Å². The van der Waals surface area contributed by atoms with Gasteiger partial charge in [0.25, 0.3) is 0 Å². The zero-order valence-electron chi connectivity index (χ0n) is 11.8. The van der Waals surface area contributed by atoms with E-state index in [4.69, 9.17) is 0 Å². The predicted octanol–water partition coefficient (Wildman–Crippen LogP) is 3.57. The molecule has 1 aliphatic rings. The molecule has 0 bridgehead atoms. The van der Waals surface area contributed by atoms with Gasteiger partial charge in [-0.25, -0.2) is 0 Å². The third kappa shape index (κ3) is 4.42. The minimum absolute atomic E-state index is 0.199. The molecule has 100 valence electrons. The normalized spacial score (nSPS) is 27.8. The van der Waals surface area contributed by atoms with E-state index >= 15 is 0 Å². The third-order valence-corrected chi connectivity index (χ3v) is 4.21. The van der Waals surface area contributed by atoms with Gasteiger partial charge in [0.05, 0.1) is 5.60 Å². The van der Waals surface area contributed by atoms with E-state index in [9.17, 15) is 9.90 Å². The zero-order valence-corrected chi connectivity index (χ0v) is 11.8. The molecule has 0 aliphatic heterocycles. The predicted molar refractivity (Wildman–Crippen MR) is 70.8 cm³/mol. The molecule has 1 rings (SSSR count). The van der Waals surface area contributed by atoms with E-state index in [1.807, 2.05) is 0 Å². The standard InChI is InChI=1S/C15H28O2/c1-5-11(2)12-8-6-7-9-13(12)14(16)10-15(3,4)17/h11-13,17H,5-10H2,1-4H3. The Morgan fingerprint density at radius 2 is 1.94 bits per heavy atom. The van der Waals surface area contributed by atoms with Gasteiger partial charge in [0.2, 0.25) is 0 Å². The SMILES string of the molecule is CCC(C)C1CCCCC1C(=O)CC(C)(C)O.